The number of anilines is 1. The Hall–Kier alpha value is -1.03. The first-order valence-electron chi connectivity index (χ1n) is 7.88. The quantitative estimate of drug-likeness (QED) is 0.839. The Morgan fingerprint density at radius 1 is 1.10 bits per heavy atom. The molecule has 1 aromatic carbocycles. The van der Waals surface area contributed by atoms with Crippen LogP contribution in [-0.2, 0) is 0 Å². The Balaban J connectivity index is 1.77. The van der Waals surface area contributed by atoms with Gasteiger partial charge in [0.05, 0.1) is 11.3 Å². The van der Waals surface area contributed by atoms with Crippen molar-refractivity contribution in [1.82, 2.24) is 0 Å². The number of carbonyl (C=O) groups is 1. The Labute approximate surface area is 134 Å². The van der Waals surface area contributed by atoms with Crippen LogP contribution < -0.4 is 4.90 Å². The summed E-state index contributed by atoms with van der Waals surface area (Å²) >= 11 is 3.46. The van der Waals surface area contributed by atoms with E-state index in [1.54, 1.807) is 12.1 Å². The maximum Gasteiger partial charge on any atom is 0.337 e. The van der Waals surface area contributed by atoms with E-state index in [4.69, 9.17) is 0 Å². The Morgan fingerprint density at radius 2 is 1.76 bits per heavy atom. The predicted molar refractivity (Wildman–Crippen MR) is 88.1 cm³/mol. The van der Waals surface area contributed by atoms with Crippen LogP contribution in [0.15, 0.2) is 22.7 Å². The average Bonchev–Trinajstić information content (AvgIpc) is 2.48. The van der Waals surface area contributed by atoms with Crippen LogP contribution in [0.4, 0.5) is 5.69 Å². The number of hydrogen-bond donors (Lipinski definition) is 1. The summed E-state index contributed by atoms with van der Waals surface area (Å²) in [7, 11) is 0. The van der Waals surface area contributed by atoms with Crippen LogP contribution in [0.25, 0.3) is 0 Å². The van der Waals surface area contributed by atoms with Crippen molar-refractivity contribution < 1.29 is 9.90 Å². The van der Waals surface area contributed by atoms with Crippen molar-refractivity contribution in [2.75, 3.05) is 18.0 Å². The van der Waals surface area contributed by atoms with Crippen LogP contribution in [0.3, 0.4) is 0 Å². The summed E-state index contributed by atoms with van der Waals surface area (Å²) in [6.07, 6.45) is 9.28. The number of nitrogens with zero attached hydrogens (tertiary/aromatic N) is 1. The third-order valence-electron chi connectivity index (χ3n) is 5.27. The smallest absolute Gasteiger partial charge is 0.337 e. The van der Waals surface area contributed by atoms with E-state index in [0.29, 0.717) is 11.0 Å². The highest BCUT2D eigenvalue weighted by Crippen LogP contribution is 2.45. The second-order valence-electron chi connectivity index (χ2n) is 6.51. The largest absolute Gasteiger partial charge is 0.478 e. The van der Waals surface area contributed by atoms with Gasteiger partial charge in [-0.05, 0) is 49.3 Å². The fraction of sp³-hybridized carbons (Fsp3) is 0.588. The van der Waals surface area contributed by atoms with E-state index in [9.17, 15) is 9.90 Å². The zero-order valence-electron chi connectivity index (χ0n) is 12.3. The zero-order chi connectivity index (χ0) is 14.9. The fourth-order valence-electron chi connectivity index (χ4n) is 3.97. The van der Waals surface area contributed by atoms with Crippen molar-refractivity contribution in [3.63, 3.8) is 0 Å². The first-order valence-corrected chi connectivity index (χ1v) is 8.67. The number of carboxylic acid groups (broad SMARTS) is 1. The molecule has 3 nitrogen and oxygen atoms in total. The maximum absolute atomic E-state index is 11.4. The first kappa shape index (κ1) is 14.9. The third-order valence-corrected chi connectivity index (χ3v) is 5.76. The molecule has 2 fully saturated rings. The van der Waals surface area contributed by atoms with Gasteiger partial charge in [0.1, 0.15) is 0 Å². The molecule has 4 heteroatoms. The zero-order valence-corrected chi connectivity index (χ0v) is 13.9. The number of halogens is 1. The maximum atomic E-state index is 11.4. The molecule has 3 rings (SSSR count). The highest BCUT2D eigenvalue weighted by molar-refractivity contribution is 9.10. The molecule has 1 aromatic rings. The van der Waals surface area contributed by atoms with E-state index in [1.807, 2.05) is 6.07 Å². The molecule has 0 aromatic heterocycles. The lowest BCUT2D eigenvalue weighted by Crippen LogP contribution is -2.41. The molecule has 1 saturated carbocycles. The van der Waals surface area contributed by atoms with Gasteiger partial charge in [0.25, 0.3) is 0 Å². The third kappa shape index (κ3) is 3.10. The number of aromatic carboxylic acids is 1. The van der Waals surface area contributed by atoms with Gasteiger partial charge in [-0.3, -0.25) is 0 Å². The molecule has 1 spiro atoms. The Bertz CT molecular complexity index is 528. The Morgan fingerprint density at radius 3 is 2.38 bits per heavy atom. The fourth-order valence-corrected chi connectivity index (χ4v) is 4.32. The summed E-state index contributed by atoms with van der Waals surface area (Å²) in [5, 5.41) is 9.39. The molecule has 0 atom stereocenters. The van der Waals surface area contributed by atoms with Gasteiger partial charge >= 0.3 is 5.97 Å². The van der Waals surface area contributed by atoms with Crippen molar-refractivity contribution >= 4 is 27.6 Å². The molecule has 114 valence electrons. The van der Waals surface area contributed by atoms with E-state index in [0.717, 1.165) is 23.2 Å². The molecule has 0 radical (unpaired) electrons. The second kappa shape index (κ2) is 5.99. The lowest BCUT2D eigenvalue weighted by atomic mass is 9.68. The minimum atomic E-state index is -0.838. The molecule has 1 aliphatic carbocycles. The molecular formula is C17H22BrNO2. The van der Waals surface area contributed by atoms with Crippen molar-refractivity contribution in [2.24, 2.45) is 5.41 Å². The van der Waals surface area contributed by atoms with Crippen LogP contribution in [0, 0.1) is 5.41 Å². The molecule has 0 amide bonds. The predicted octanol–water partition coefficient (Wildman–Crippen LogP) is 4.70. The topological polar surface area (TPSA) is 40.5 Å². The molecule has 2 aliphatic rings. The van der Waals surface area contributed by atoms with Crippen LogP contribution in [0.1, 0.15) is 55.3 Å². The lowest BCUT2D eigenvalue weighted by Gasteiger charge is -2.45. The van der Waals surface area contributed by atoms with Gasteiger partial charge < -0.3 is 10.0 Å². The highest BCUT2D eigenvalue weighted by Gasteiger charge is 2.36. The molecule has 1 saturated heterocycles. The normalized spacial score (nSPS) is 21.5. The van der Waals surface area contributed by atoms with Crippen LogP contribution in [-0.4, -0.2) is 24.2 Å². The molecule has 21 heavy (non-hydrogen) atoms. The number of hydrogen-bond acceptors (Lipinski definition) is 2. The van der Waals surface area contributed by atoms with Gasteiger partial charge in [0.2, 0.25) is 0 Å². The summed E-state index contributed by atoms with van der Waals surface area (Å²) < 4.78 is 0.945. The highest BCUT2D eigenvalue weighted by atomic mass is 79.9. The standard InChI is InChI=1S/C17H22BrNO2/c18-13-4-5-14(16(20)21)15(12-13)19-10-8-17(9-11-19)6-2-1-3-7-17/h4-5,12H,1-3,6-11H2,(H,20,21). The Kier molecular flexibility index (Phi) is 4.25. The molecule has 1 aliphatic heterocycles. The van der Waals surface area contributed by atoms with Gasteiger partial charge in [-0.15, -0.1) is 0 Å². The minimum absolute atomic E-state index is 0.415. The van der Waals surface area contributed by atoms with E-state index in [-0.39, 0.29) is 0 Å². The number of carboxylic acids is 1. The van der Waals surface area contributed by atoms with E-state index in [1.165, 1.54) is 44.9 Å². The number of benzene rings is 1. The van der Waals surface area contributed by atoms with Crippen LogP contribution in [0.5, 0.6) is 0 Å². The van der Waals surface area contributed by atoms with Crippen LogP contribution in [0.2, 0.25) is 0 Å². The second-order valence-corrected chi connectivity index (χ2v) is 7.43. The van der Waals surface area contributed by atoms with Gasteiger partial charge in [-0.1, -0.05) is 35.2 Å². The van der Waals surface area contributed by atoms with E-state index in [2.05, 4.69) is 20.8 Å². The van der Waals surface area contributed by atoms with Crippen molar-refractivity contribution in [2.45, 2.75) is 44.9 Å². The van der Waals surface area contributed by atoms with Gasteiger partial charge in [0.15, 0.2) is 0 Å². The van der Waals surface area contributed by atoms with Crippen molar-refractivity contribution in [3.05, 3.63) is 28.2 Å². The molecule has 1 heterocycles. The molecule has 0 unspecified atom stereocenters. The SMILES string of the molecule is O=C(O)c1ccc(Br)cc1N1CCC2(CCCCC2)CC1. The average molecular weight is 352 g/mol. The van der Waals surface area contributed by atoms with Crippen molar-refractivity contribution in [1.29, 1.82) is 0 Å². The summed E-state index contributed by atoms with van der Waals surface area (Å²) in [6.45, 7) is 1.97. The molecule has 1 N–H and O–H groups in total. The van der Waals surface area contributed by atoms with Gasteiger partial charge in [-0.25, -0.2) is 4.79 Å². The summed E-state index contributed by atoms with van der Waals surface area (Å²) in [6, 6.07) is 5.45. The minimum Gasteiger partial charge on any atom is -0.478 e. The van der Waals surface area contributed by atoms with E-state index >= 15 is 0 Å². The van der Waals surface area contributed by atoms with Gasteiger partial charge in [0, 0.05) is 17.6 Å². The lowest BCUT2D eigenvalue weighted by molar-refractivity contribution is 0.0697. The van der Waals surface area contributed by atoms with Crippen LogP contribution >= 0.6 is 15.9 Å². The molecular weight excluding hydrogens is 330 g/mol. The van der Waals surface area contributed by atoms with E-state index < -0.39 is 5.97 Å². The number of rotatable bonds is 2. The first-order chi connectivity index (χ1) is 10.1. The number of piperidine rings is 1. The summed E-state index contributed by atoms with van der Waals surface area (Å²) in [5.41, 5.74) is 1.82. The van der Waals surface area contributed by atoms with Crippen molar-refractivity contribution in [3.8, 4) is 0 Å². The summed E-state index contributed by atoms with van der Waals surface area (Å²) in [5.74, 6) is -0.838. The summed E-state index contributed by atoms with van der Waals surface area (Å²) in [4.78, 5) is 13.7. The monoisotopic (exact) mass is 351 g/mol. The molecule has 0 bridgehead atoms. The van der Waals surface area contributed by atoms with Gasteiger partial charge in [-0.2, -0.15) is 0 Å².